The Labute approximate surface area is 115 Å². The van der Waals surface area contributed by atoms with E-state index in [-0.39, 0.29) is 28.9 Å². The second-order valence-electron chi connectivity index (χ2n) is 4.45. The lowest BCUT2D eigenvalue weighted by Crippen LogP contribution is -2.29. The van der Waals surface area contributed by atoms with Crippen molar-refractivity contribution in [3.8, 4) is 0 Å². The summed E-state index contributed by atoms with van der Waals surface area (Å²) in [5.74, 6) is 0.164. The summed E-state index contributed by atoms with van der Waals surface area (Å²) in [6.45, 7) is 0. The zero-order chi connectivity index (χ0) is 12.6. The zero-order valence-corrected chi connectivity index (χ0v) is 11.1. The Morgan fingerprint density at radius 1 is 1.28 bits per heavy atom. The molecule has 0 amide bonds. The Morgan fingerprint density at radius 3 is 2.33 bits per heavy atom. The number of hydrogen-bond donors (Lipinski definition) is 1. The third-order valence-corrected chi connectivity index (χ3v) is 3.57. The minimum atomic E-state index is -4.40. The van der Waals surface area contributed by atoms with Gasteiger partial charge in [0.05, 0.1) is 5.56 Å². The van der Waals surface area contributed by atoms with Crippen molar-refractivity contribution in [1.29, 1.82) is 0 Å². The summed E-state index contributed by atoms with van der Waals surface area (Å²) in [6.07, 6.45) is -1.54. The highest BCUT2D eigenvalue weighted by Crippen LogP contribution is 2.42. The minimum absolute atomic E-state index is 0. The van der Waals surface area contributed by atoms with Gasteiger partial charge in [-0.2, -0.15) is 13.2 Å². The molecule has 1 aliphatic rings. The molecule has 1 aliphatic carbocycles. The first-order valence-electron chi connectivity index (χ1n) is 5.52. The number of rotatable bonds is 2. The van der Waals surface area contributed by atoms with Crippen LogP contribution in [0, 0.1) is 5.92 Å². The maximum atomic E-state index is 12.9. The fourth-order valence-corrected chi connectivity index (χ4v) is 2.29. The number of benzene rings is 1. The molecule has 1 atom stereocenters. The predicted molar refractivity (Wildman–Crippen MR) is 68.0 cm³/mol. The molecule has 18 heavy (non-hydrogen) atoms. The van der Waals surface area contributed by atoms with E-state index in [0.29, 0.717) is 0 Å². The highest BCUT2D eigenvalue weighted by Gasteiger charge is 2.37. The molecule has 0 spiro atoms. The van der Waals surface area contributed by atoms with E-state index in [4.69, 9.17) is 17.3 Å². The van der Waals surface area contributed by atoms with Crippen molar-refractivity contribution in [2.75, 3.05) is 0 Å². The van der Waals surface area contributed by atoms with Crippen LogP contribution >= 0.6 is 24.0 Å². The molecule has 0 aromatic heterocycles. The fraction of sp³-hybridized carbons (Fsp3) is 0.500. The maximum Gasteiger partial charge on any atom is 0.416 e. The van der Waals surface area contributed by atoms with E-state index >= 15 is 0 Å². The second kappa shape index (κ2) is 5.68. The summed E-state index contributed by atoms with van der Waals surface area (Å²) in [5, 5.41) is 0.0851. The molecule has 1 aromatic rings. The van der Waals surface area contributed by atoms with E-state index in [0.717, 1.165) is 25.3 Å². The van der Waals surface area contributed by atoms with E-state index in [2.05, 4.69) is 0 Å². The van der Waals surface area contributed by atoms with E-state index in [1.54, 1.807) is 0 Å². The summed E-state index contributed by atoms with van der Waals surface area (Å²) in [7, 11) is 0. The highest BCUT2D eigenvalue weighted by atomic mass is 35.5. The molecule has 0 saturated heterocycles. The lowest BCUT2D eigenvalue weighted by molar-refractivity contribution is -0.138. The number of hydrogen-bond acceptors (Lipinski definition) is 1. The summed E-state index contributed by atoms with van der Waals surface area (Å²) in [6, 6.07) is 3.27. The first-order valence-corrected chi connectivity index (χ1v) is 5.89. The molecule has 102 valence electrons. The zero-order valence-electron chi connectivity index (χ0n) is 9.51. The molecule has 0 bridgehead atoms. The van der Waals surface area contributed by atoms with Crippen molar-refractivity contribution in [3.05, 3.63) is 34.3 Å². The number of nitrogens with two attached hydrogens (primary N) is 1. The van der Waals surface area contributed by atoms with Crippen LogP contribution < -0.4 is 5.73 Å². The van der Waals surface area contributed by atoms with Crippen molar-refractivity contribution in [2.45, 2.75) is 31.5 Å². The van der Waals surface area contributed by atoms with E-state index < -0.39 is 17.8 Å². The Balaban J connectivity index is 0.00000162. The van der Waals surface area contributed by atoms with Crippen molar-refractivity contribution in [2.24, 2.45) is 11.7 Å². The van der Waals surface area contributed by atoms with Gasteiger partial charge in [0.1, 0.15) is 0 Å². The van der Waals surface area contributed by atoms with Gasteiger partial charge in [0.15, 0.2) is 0 Å². The van der Waals surface area contributed by atoms with Crippen molar-refractivity contribution < 1.29 is 13.2 Å². The summed E-state index contributed by atoms with van der Waals surface area (Å²) < 4.78 is 38.6. The molecule has 0 unspecified atom stereocenters. The van der Waals surface area contributed by atoms with Crippen LogP contribution in [-0.4, -0.2) is 0 Å². The van der Waals surface area contributed by atoms with Gasteiger partial charge in [-0.3, -0.25) is 0 Å². The molecule has 1 fully saturated rings. The Kier molecular flexibility index (Phi) is 4.92. The van der Waals surface area contributed by atoms with Crippen LogP contribution in [0.5, 0.6) is 0 Å². The average Bonchev–Trinajstić information content (AvgIpc) is 2.13. The van der Waals surface area contributed by atoms with Crippen molar-refractivity contribution in [1.82, 2.24) is 0 Å². The first kappa shape index (κ1) is 15.6. The van der Waals surface area contributed by atoms with Gasteiger partial charge in [-0.25, -0.2) is 0 Å². The minimum Gasteiger partial charge on any atom is -0.324 e. The Morgan fingerprint density at radius 2 is 1.89 bits per heavy atom. The lowest BCUT2D eigenvalue weighted by atomic mass is 9.76. The quantitative estimate of drug-likeness (QED) is 0.850. The van der Waals surface area contributed by atoms with Crippen LogP contribution in [-0.2, 0) is 6.18 Å². The van der Waals surface area contributed by atoms with E-state index in [1.165, 1.54) is 12.1 Å². The number of halogens is 5. The molecule has 6 heteroatoms. The molecule has 0 heterocycles. The van der Waals surface area contributed by atoms with Gasteiger partial charge in [-0.1, -0.05) is 24.1 Å². The Hall–Kier alpha value is -0.450. The molecular weight excluding hydrogens is 286 g/mol. The fourth-order valence-electron chi connectivity index (χ4n) is 2.12. The molecule has 1 saturated carbocycles. The summed E-state index contributed by atoms with van der Waals surface area (Å²) >= 11 is 5.61. The van der Waals surface area contributed by atoms with Crippen LogP contribution in [0.4, 0.5) is 13.2 Å². The van der Waals surface area contributed by atoms with Gasteiger partial charge >= 0.3 is 6.18 Å². The van der Waals surface area contributed by atoms with Gasteiger partial charge in [0, 0.05) is 11.1 Å². The molecule has 0 aliphatic heterocycles. The van der Waals surface area contributed by atoms with Crippen molar-refractivity contribution >= 4 is 24.0 Å². The van der Waals surface area contributed by atoms with Gasteiger partial charge in [-0.05, 0) is 36.5 Å². The largest absolute Gasteiger partial charge is 0.416 e. The third kappa shape index (κ3) is 3.11. The van der Waals surface area contributed by atoms with Crippen LogP contribution in [0.25, 0.3) is 0 Å². The van der Waals surface area contributed by atoms with Crippen LogP contribution in [0.3, 0.4) is 0 Å². The van der Waals surface area contributed by atoms with Gasteiger partial charge in [0.25, 0.3) is 0 Å². The highest BCUT2D eigenvalue weighted by molar-refractivity contribution is 6.30. The van der Waals surface area contributed by atoms with Crippen LogP contribution in [0.2, 0.25) is 5.02 Å². The second-order valence-corrected chi connectivity index (χ2v) is 4.88. The predicted octanol–water partition coefficient (Wildman–Crippen LogP) is 4.58. The summed E-state index contributed by atoms with van der Waals surface area (Å²) in [4.78, 5) is 0. The SMILES string of the molecule is Cl.N[C@@H](c1ccc(Cl)cc1C(F)(F)F)C1CCC1. The molecule has 0 radical (unpaired) electrons. The maximum absolute atomic E-state index is 12.9. The third-order valence-electron chi connectivity index (χ3n) is 3.34. The first-order chi connectivity index (χ1) is 7.89. The molecule has 1 aromatic carbocycles. The van der Waals surface area contributed by atoms with Crippen LogP contribution in [0.15, 0.2) is 18.2 Å². The standard InChI is InChI=1S/C12H13ClF3N.ClH/c13-8-4-5-9(10(6-8)12(14,15)16)11(17)7-2-1-3-7;/h4-7,11H,1-3,17H2;1H/t11-;/m1./s1. The van der Waals surface area contributed by atoms with E-state index in [1.807, 2.05) is 0 Å². The average molecular weight is 300 g/mol. The van der Waals surface area contributed by atoms with Gasteiger partial charge in [-0.15, -0.1) is 12.4 Å². The molecule has 2 N–H and O–H groups in total. The van der Waals surface area contributed by atoms with E-state index in [9.17, 15) is 13.2 Å². The normalized spacial score (nSPS) is 17.8. The molecular formula is C12H14Cl2F3N. The van der Waals surface area contributed by atoms with Gasteiger partial charge in [0.2, 0.25) is 0 Å². The molecule has 2 rings (SSSR count). The van der Waals surface area contributed by atoms with Gasteiger partial charge < -0.3 is 5.73 Å². The monoisotopic (exact) mass is 299 g/mol. The number of alkyl halides is 3. The summed E-state index contributed by atoms with van der Waals surface area (Å²) in [5.41, 5.74) is 5.36. The topological polar surface area (TPSA) is 26.0 Å². The smallest absolute Gasteiger partial charge is 0.324 e. The Bertz CT molecular complexity index is 416. The van der Waals surface area contributed by atoms with Crippen LogP contribution in [0.1, 0.15) is 36.4 Å². The van der Waals surface area contributed by atoms with Crippen molar-refractivity contribution in [3.63, 3.8) is 0 Å². The lowest BCUT2D eigenvalue weighted by Gasteiger charge is -2.32. The molecule has 1 nitrogen and oxygen atoms in total.